The van der Waals surface area contributed by atoms with Crippen molar-refractivity contribution in [3.05, 3.63) is 29.8 Å². The molecule has 0 saturated heterocycles. The monoisotopic (exact) mass is 374 g/mol. The second-order valence-electron chi connectivity index (χ2n) is 6.26. The molecule has 10 heteroatoms. The highest BCUT2D eigenvalue weighted by atomic mass is 16.5. The number of carbonyl (C=O) groups excluding carboxylic acids is 3. The average molecular weight is 374 g/mol. The van der Waals surface area contributed by atoms with Gasteiger partial charge in [-0.3, -0.25) is 10.1 Å². The molecular formula is C17H22N6O4. The van der Waals surface area contributed by atoms with Crippen molar-refractivity contribution < 1.29 is 19.1 Å². The fraction of sp³-hybridized carbons (Fsp3) is 0.412. The summed E-state index contributed by atoms with van der Waals surface area (Å²) in [6.07, 6.45) is -1.14. The number of aromatic nitrogens is 4. The molecule has 1 aromatic carbocycles. The zero-order valence-electron chi connectivity index (χ0n) is 15.6. The number of ether oxygens (including phenoxy) is 1. The van der Waals surface area contributed by atoms with Gasteiger partial charge in [-0.15, -0.1) is 10.2 Å². The Labute approximate surface area is 156 Å². The van der Waals surface area contributed by atoms with Crippen LogP contribution in [0.3, 0.4) is 0 Å². The number of rotatable bonds is 6. The van der Waals surface area contributed by atoms with E-state index in [4.69, 9.17) is 4.74 Å². The second kappa shape index (κ2) is 8.88. The van der Waals surface area contributed by atoms with Crippen molar-refractivity contribution in [1.29, 1.82) is 0 Å². The summed E-state index contributed by atoms with van der Waals surface area (Å²) in [6.45, 7) is 6.53. The lowest BCUT2D eigenvalue weighted by Crippen LogP contribution is -2.46. The van der Waals surface area contributed by atoms with E-state index in [1.165, 1.54) is 6.92 Å². The Bertz CT molecular complexity index is 815. The maximum Gasteiger partial charge on any atom is 0.330 e. The van der Waals surface area contributed by atoms with E-state index in [2.05, 4.69) is 26.0 Å². The molecule has 2 aromatic rings. The van der Waals surface area contributed by atoms with Crippen LogP contribution in [0, 0.1) is 6.92 Å². The van der Waals surface area contributed by atoms with Crippen LogP contribution in [0.5, 0.6) is 0 Å². The van der Waals surface area contributed by atoms with Crippen LogP contribution in [0.2, 0.25) is 0 Å². The molecule has 27 heavy (non-hydrogen) atoms. The van der Waals surface area contributed by atoms with Gasteiger partial charge in [-0.2, -0.15) is 4.80 Å². The van der Waals surface area contributed by atoms with Gasteiger partial charge in [0, 0.05) is 11.6 Å². The summed E-state index contributed by atoms with van der Waals surface area (Å²) in [5, 5.41) is 16.4. The maximum atomic E-state index is 11.9. The van der Waals surface area contributed by atoms with Crippen molar-refractivity contribution in [2.75, 3.05) is 0 Å². The number of nitrogens with zero attached hydrogens (tertiary/aromatic N) is 4. The third kappa shape index (κ3) is 6.17. The van der Waals surface area contributed by atoms with Gasteiger partial charge in [0.05, 0.1) is 0 Å². The first-order chi connectivity index (χ1) is 12.7. The predicted octanol–water partition coefficient (Wildman–Crippen LogP) is 0.814. The topological polar surface area (TPSA) is 128 Å². The van der Waals surface area contributed by atoms with Gasteiger partial charge in [0.25, 0.3) is 5.91 Å². The number of esters is 1. The molecule has 0 bridgehead atoms. The number of nitrogens with one attached hydrogen (secondary N) is 2. The summed E-state index contributed by atoms with van der Waals surface area (Å²) in [7, 11) is 0. The molecule has 2 rings (SSSR count). The van der Waals surface area contributed by atoms with E-state index in [1.54, 1.807) is 13.8 Å². The van der Waals surface area contributed by atoms with Gasteiger partial charge in [-0.1, -0.05) is 29.8 Å². The Balaban J connectivity index is 1.87. The van der Waals surface area contributed by atoms with E-state index in [0.29, 0.717) is 5.82 Å². The first-order valence-corrected chi connectivity index (χ1v) is 8.40. The molecule has 0 spiro atoms. The number of urea groups is 1. The van der Waals surface area contributed by atoms with Gasteiger partial charge in [0.1, 0.15) is 0 Å². The third-order valence-electron chi connectivity index (χ3n) is 3.37. The number of hydrogen-bond acceptors (Lipinski definition) is 7. The fourth-order valence-electron chi connectivity index (χ4n) is 2.04. The summed E-state index contributed by atoms with van der Waals surface area (Å²) in [5.41, 5.74) is 1.87. The van der Waals surface area contributed by atoms with Crippen LogP contribution in [0.1, 0.15) is 26.3 Å². The number of imide groups is 1. The Kier molecular flexibility index (Phi) is 6.58. The maximum absolute atomic E-state index is 11.9. The van der Waals surface area contributed by atoms with Crippen molar-refractivity contribution in [3.8, 4) is 11.4 Å². The summed E-state index contributed by atoms with van der Waals surface area (Å²) in [5.74, 6) is -1.08. The van der Waals surface area contributed by atoms with Crippen LogP contribution in [0.15, 0.2) is 24.3 Å². The molecular weight excluding hydrogens is 352 g/mol. The normalized spacial score (nSPS) is 11.7. The van der Waals surface area contributed by atoms with Crippen LogP contribution in [0.25, 0.3) is 11.4 Å². The zero-order valence-corrected chi connectivity index (χ0v) is 15.6. The van der Waals surface area contributed by atoms with Crippen LogP contribution in [0.4, 0.5) is 4.79 Å². The molecule has 1 unspecified atom stereocenters. The second-order valence-corrected chi connectivity index (χ2v) is 6.26. The van der Waals surface area contributed by atoms with Crippen LogP contribution < -0.4 is 10.6 Å². The van der Waals surface area contributed by atoms with E-state index in [0.717, 1.165) is 15.9 Å². The molecule has 1 atom stereocenters. The minimum Gasteiger partial charge on any atom is -0.451 e. The molecule has 144 valence electrons. The fourth-order valence-corrected chi connectivity index (χ4v) is 2.04. The van der Waals surface area contributed by atoms with E-state index in [-0.39, 0.29) is 12.6 Å². The average Bonchev–Trinajstić information content (AvgIpc) is 3.02. The lowest BCUT2D eigenvalue weighted by atomic mass is 10.1. The van der Waals surface area contributed by atoms with Crippen LogP contribution in [-0.4, -0.2) is 50.3 Å². The standard InChI is InChI=1S/C17H22N6O4/c1-10(2)18-17(26)19-16(25)12(4)27-14(24)9-23-21-15(20-22-23)13-7-5-11(3)6-8-13/h5-8,10,12H,9H2,1-4H3,(H2,18,19,25,26). The number of hydrogen-bond donors (Lipinski definition) is 2. The van der Waals surface area contributed by atoms with Crippen molar-refractivity contribution in [2.24, 2.45) is 0 Å². The van der Waals surface area contributed by atoms with Crippen molar-refractivity contribution in [1.82, 2.24) is 30.8 Å². The Morgan fingerprint density at radius 2 is 1.81 bits per heavy atom. The van der Waals surface area contributed by atoms with E-state index < -0.39 is 24.0 Å². The highest BCUT2D eigenvalue weighted by Crippen LogP contribution is 2.13. The first kappa shape index (κ1) is 20.0. The van der Waals surface area contributed by atoms with E-state index in [1.807, 2.05) is 31.2 Å². The molecule has 0 aliphatic rings. The summed E-state index contributed by atoms with van der Waals surface area (Å²) in [4.78, 5) is 36.4. The molecule has 1 heterocycles. The minimum atomic E-state index is -1.14. The largest absolute Gasteiger partial charge is 0.451 e. The SMILES string of the molecule is Cc1ccc(-c2nnn(CC(=O)OC(C)C(=O)NC(=O)NC(C)C)n2)cc1. The van der Waals surface area contributed by atoms with Crippen molar-refractivity contribution in [3.63, 3.8) is 0 Å². The van der Waals surface area contributed by atoms with E-state index >= 15 is 0 Å². The molecule has 0 fully saturated rings. The summed E-state index contributed by atoms with van der Waals surface area (Å²) in [6, 6.07) is 6.75. The van der Waals surface area contributed by atoms with Gasteiger partial charge >= 0.3 is 12.0 Å². The smallest absolute Gasteiger partial charge is 0.330 e. The molecule has 0 saturated carbocycles. The van der Waals surface area contributed by atoms with Crippen LogP contribution >= 0.6 is 0 Å². The number of carbonyl (C=O) groups is 3. The number of tetrazole rings is 1. The third-order valence-corrected chi connectivity index (χ3v) is 3.37. The van der Waals surface area contributed by atoms with Crippen molar-refractivity contribution in [2.45, 2.75) is 46.4 Å². The van der Waals surface area contributed by atoms with Gasteiger partial charge in [0.2, 0.25) is 5.82 Å². The molecule has 3 amide bonds. The highest BCUT2D eigenvalue weighted by Gasteiger charge is 2.21. The molecule has 0 aliphatic heterocycles. The van der Waals surface area contributed by atoms with Crippen LogP contribution in [-0.2, 0) is 20.9 Å². The predicted molar refractivity (Wildman–Crippen MR) is 95.4 cm³/mol. The Hall–Kier alpha value is -3.30. The van der Waals surface area contributed by atoms with Gasteiger partial charge < -0.3 is 10.1 Å². The minimum absolute atomic E-state index is 0.128. The van der Waals surface area contributed by atoms with E-state index in [9.17, 15) is 14.4 Å². The molecule has 2 N–H and O–H groups in total. The van der Waals surface area contributed by atoms with Gasteiger partial charge in [-0.25, -0.2) is 9.59 Å². The summed E-state index contributed by atoms with van der Waals surface area (Å²) >= 11 is 0. The number of aryl methyl sites for hydroxylation is 1. The molecule has 10 nitrogen and oxygen atoms in total. The summed E-state index contributed by atoms with van der Waals surface area (Å²) < 4.78 is 4.99. The zero-order chi connectivity index (χ0) is 20.0. The first-order valence-electron chi connectivity index (χ1n) is 8.40. The van der Waals surface area contributed by atoms with Gasteiger partial charge in [0.15, 0.2) is 12.6 Å². The Morgan fingerprint density at radius 1 is 1.15 bits per heavy atom. The lowest BCUT2D eigenvalue weighted by molar-refractivity contribution is -0.155. The molecule has 1 aromatic heterocycles. The van der Waals surface area contributed by atoms with Gasteiger partial charge in [-0.05, 0) is 32.9 Å². The molecule has 0 aliphatic carbocycles. The highest BCUT2D eigenvalue weighted by molar-refractivity contribution is 5.97. The lowest BCUT2D eigenvalue weighted by Gasteiger charge is -2.14. The Morgan fingerprint density at radius 3 is 2.44 bits per heavy atom. The number of amides is 3. The quantitative estimate of drug-likeness (QED) is 0.716. The molecule has 0 radical (unpaired) electrons. The number of benzene rings is 1. The van der Waals surface area contributed by atoms with Crippen molar-refractivity contribution >= 4 is 17.9 Å².